The van der Waals surface area contributed by atoms with Gasteiger partial charge in [0.1, 0.15) is 17.7 Å². The number of alkyl halides is 3. The third-order valence-corrected chi connectivity index (χ3v) is 7.86. The Morgan fingerprint density at radius 3 is 2.31 bits per heavy atom. The Kier molecular flexibility index (Phi) is 6.97. The summed E-state index contributed by atoms with van der Waals surface area (Å²) in [6.45, 7) is 0. The van der Waals surface area contributed by atoms with Gasteiger partial charge in [-0.15, -0.1) is 11.8 Å². The van der Waals surface area contributed by atoms with Crippen LogP contribution in [-0.4, -0.2) is 29.0 Å². The second-order valence-electron chi connectivity index (χ2n) is 9.28. The SMILES string of the molecule is O=C(c1ccc(CSc2cccc(F)c2)cc1)N1C2CCC1CC(Oc1cccc(C(F)(F)F)c1)C2. The molecule has 2 atom stereocenters. The zero-order valence-electron chi connectivity index (χ0n) is 19.4. The molecule has 2 aliphatic rings. The monoisotopic (exact) mass is 515 g/mol. The molecule has 2 bridgehead atoms. The summed E-state index contributed by atoms with van der Waals surface area (Å²) in [4.78, 5) is 16.1. The molecule has 3 aromatic carbocycles. The van der Waals surface area contributed by atoms with Crippen molar-refractivity contribution >= 4 is 17.7 Å². The Morgan fingerprint density at radius 2 is 1.64 bits per heavy atom. The van der Waals surface area contributed by atoms with E-state index in [9.17, 15) is 22.4 Å². The first kappa shape index (κ1) is 24.7. The number of ether oxygens (including phenoxy) is 1. The number of hydrogen-bond acceptors (Lipinski definition) is 3. The van der Waals surface area contributed by atoms with Crippen molar-refractivity contribution in [3.05, 3.63) is 95.3 Å². The van der Waals surface area contributed by atoms with Gasteiger partial charge in [0.05, 0.1) is 5.56 Å². The Hall–Kier alpha value is -3.00. The van der Waals surface area contributed by atoms with Gasteiger partial charge in [-0.2, -0.15) is 13.2 Å². The van der Waals surface area contributed by atoms with Gasteiger partial charge in [-0.05, 0) is 66.9 Å². The molecule has 3 nitrogen and oxygen atoms in total. The van der Waals surface area contributed by atoms with Crippen LogP contribution in [0.2, 0.25) is 0 Å². The topological polar surface area (TPSA) is 29.5 Å². The molecule has 188 valence electrons. The molecule has 0 radical (unpaired) electrons. The average molecular weight is 516 g/mol. The van der Waals surface area contributed by atoms with Gasteiger partial charge in [0.25, 0.3) is 5.91 Å². The zero-order valence-corrected chi connectivity index (χ0v) is 20.2. The maximum Gasteiger partial charge on any atom is 0.416 e. The van der Waals surface area contributed by atoms with E-state index in [1.54, 1.807) is 12.1 Å². The molecule has 2 aliphatic heterocycles. The lowest BCUT2D eigenvalue weighted by Gasteiger charge is -2.39. The predicted octanol–water partition coefficient (Wildman–Crippen LogP) is 7.35. The summed E-state index contributed by atoms with van der Waals surface area (Å²) in [5.41, 5.74) is 0.925. The van der Waals surface area contributed by atoms with Gasteiger partial charge >= 0.3 is 6.18 Å². The minimum absolute atomic E-state index is 0.00950. The van der Waals surface area contributed by atoms with E-state index in [-0.39, 0.29) is 35.7 Å². The Balaban J connectivity index is 1.20. The molecule has 3 aromatic rings. The van der Waals surface area contributed by atoms with Crippen LogP contribution in [-0.2, 0) is 11.9 Å². The predicted molar refractivity (Wildman–Crippen MR) is 130 cm³/mol. The van der Waals surface area contributed by atoms with Crippen LogP contribution < -0.4 is 4.74 Å². The van der Waals surface area contributed by atoms with E-state index in [1.165, 1.54) is 30.0 Å². The van der Waals surface area contributed by atoms with Gasteiger partial charge in [0.15, 0.2) is 0 Å². The average Bonchev–Trinajstić information content (AvgIpc) is 3.12. The van der Waals surface area contributed by atoms with Gasteiger partial charge < -0.3 is 9.64 Å². The van der Waals surface area contributed by atoms with E-state index < -0.39 is 11.7 Å². The number of benzene rings is 3. The summed E-state index contributed by atoms with van der Waals surface area (Å²) in [6.07, 6.45) is -1.72. The van der Waals surface area contributed by atoms with Crippen LogP contribution in [0, 0.1) is 5.82 Å². The standard InChI is InChI=1S/C28H25F4NO2S/c29-21-4-2-6-26(14-21)36-17-18-7-9-19(10-8-18)27(34)33-22-11-12-23(33)16-25(15-22)35-24-5-1-3-20(13-24)28(30,31)32/h1-10,13-14,22-23,25H,11-12,15-17H2. The Bertz CT molecular complexity index is 1220. The van der Waals surface area contributed by atoms with Crippen LogP contribution in [0.15, 0.2) is 77.7 Å². The smallest absolute Gasteiger partial charge is 0.416 e. The summed E-state index contributed by atoms with van der Waals surface area (Å²) in [5.74, 6) is 0.589. The van der Waals surface area contributed by atoms with Crippen molar-refractivity contribution in [1.82, 2.24) is 4.90 Å². The van der Waals surface area contributed by atoms with Gasteiger partial charge in [-0.1, -0.05) is 24.3 Å². The second-order valence-corrected chi connectivity index (χ2v) is 10.3. The number of amides is 1. The summed E-state index contributed by atoms with van der Waals surface area (Å²) in [6, 6.07) is 18.9. The summed E-state index contributed by atoms with van der Waals surface area (Å²) in [5, 5.41) is 0. The van der Waals surface area contributed by atoms with E-state index in [0.717, 1.165) is 35.4 Å². The highest BCUT2D eigenvalue weighted by atomic mass is 32.2. The van der Waals surface area contributed by atoms with Crippen LogP contribution in [0.1, 0.15) is 47.2 Å². The van der Waals surface area contributed by atoms with Crippen molar-refractivity contribution in [3.63, 3.8) is 0 Å². The number of nitrogens with zero attached hydrogens (tertiary/aromatic N) is 1. The third kappa shape index (κ3) is 5.53. The fourth-order valence-electron chi connectivity index (χ4n) is 5.11. The van der Waals surface area contributed by atoms with Crippen molar-refractivity contribution in [2.45, 2.75) is 60.7 Å². The van der Waals surface area contributed by atoms with E-state index in [2.05, 4.69) is 0 Å². The fourth-order valence-corrected chi connectivity index (χ4v) is 6.01. The molecule has 0 N–H and O–H groups in total. The third-order valence-electron chi connectivity index (χ3n) is 6.79. The van der Waals surface area contributed by atoms with Crippen molar-refractivity contribution < 1.29 is 27.1 Å². The number of rotatable bonds is 6. The number of thioether (sulfide) groups is 1. The van der Waals surface area contributed by atoms with Gasteiger partial charge in [-0.25, -0.2) is 4.39 Å². The molecular formula is C28H25F4NO2S. The van der Waals surface area contributed by atoms with E-state index in [4.69, 9.17) is 4.74 Å². The van der Waals surface area contributed by atoms with Crippen molar-refractivity contribution in [3.8, 4) is 5.75 Å². The fraction of sp³-hybridized carbons (Fsp3) is 0.321. The molecule has 2 saturated heterocycles. The number of fused-ring (bicyclic) bond motifs is 2. The van der Waals surface area contributed by atoms with E-state index in [1.807, 2.05) is 35.2 Å². The first-order valence-corrected chi connectivity index (χ1v) is 12.9. The summed E-state index contributed by atoms with van der Waals surface area (Å²) < 4.78 is 58.4. The summed E-state index contributed by atoms with van der Waals surface area (Å²) in [7, 11) is 0. The molecule has 2 fully saturated rings. The lowest BCUT2D eigenvalue weighted by molar-refractivity contribution is -0.137. The maximum atomic E-state index is 13.4. The lowest BCUT2D eigenvalue weighted by atomic mass is 9.98. The second kappa shape index (κ2) is 10.2. The molecule has 0 aliphatic carbocycles. The number of hydrogen-bond donors (Lipinski definition) is 0. The van der Waals surface area contributed by atoms with Crippen LogP contribution in [0.4, 0.5) is 17.6 Å². The number of halogens is 4. The van der Waals surface area contributed by atoms with Crippen LogP contribution in [0.3, 0.4) is 0 Å². The molecule has 36 heavy (non-hydrogen) atoms. The molecule has 0 spiro atoms. The lowest BCUT2D eigenvalue weighted by Crippen LogP contribution is -2.49. The molecule has 0 aromatic heterocycles. The molecule has 2 heterocycles. The molecule has 0 saturated carbocycles. The van der Waals surface area contributed by atoms with Crippen molar-refractivity contribution in [2.24, 2.45) is 0 Å². The molecule has 1 amide bonds. The largest absolute Gasteiger partial charge is 0.490 e. The van der Waals surface area contributed by atoms with Crippen LogP contribution in [0.5, 0.6) is 5.75 Å². The molecule has 8 heteroatoms. The molecule has 2 unspecified atom stereocenters. The van der Waals surface area contributed by atoms with Gasteiger partial charge in [0, 0.05) is 41.1 Å². The quantitative estimate of drug-likeness (QED) is 0.254. The normalized spacial score (nSPS) is 21.4. The van der Waals surface area contributed by atoms with Crippen LogP contribution in [0.25, 0.3) is 0 Å². The van der Waals surface area contributed by atoms with Gasteiger partial charge in [-0.3, -0.25) is 4.79 Å². The van der Waals surface area contributed by atoms with E-state index in [0.29, 0.717) is 24.2 Å². The van der Waals surface area contributed by atoms with Gasteiger partial charge in [0.2, 0.25) is 0 Å². The maximum absolute atomic E-state index is 13.4. The Morgan fingerprint density at radius 1 is 0.944 bits per heavy atom. The first-order chi connectivity index (χ1) is 17.3. The molecular weight excluding hydrogens is 490 g/mol. The minimum atomic E-state index is -4.41. The van der Waals surface area contributed by atoms with E-state index >= 15 is 0 Å². The zero-order chi connectivity index (χ0) is 25.3. The summed E-state index contributed by atoms with van der Waals surface area (Å²) >= 11 is 1.53. The number of carbonyl (C=O) groups is 1. The number of carbonyl (C=O) groups excluding carboxylic acids is 1. The highest BCUT2D eigenvalue weighted by molar-refractivity contribution is 7.98. The van der Waals surface area contributed by atoms with Crippen molar-refractivity contribution in [1.29, 1.82) is 0 Å². The minimum Gasteiger partial charge on any atom is -0.490 e. The first-order valence-electron chi connectivity index (χ1n) is 11.9. The van der Waals surface area contributed by atoms with Crippen LogP contribution >= 0.6 is 11.8 Å². The molecule has 5 rings (SSSR count). The Labute approximate surface area is 211 Å². The van der Waals surface area contributed by atoms with Crippen molar-refractivity contribution in [2.75, 3.05) is 0 Å². The number of piperidine rings is 1. The highest BCUT2D eigenvalue weighted by Crippen LogP contribution is 2.39. The highest BCUT2D eigenvalue weighted by Gasteiger charge is 2.44.